The van der Waals surface area contributed by atoms with Gasteiger partial charge in [-0.2, -0.15) is 5.10 Å². The van der Waals surface area contributed by atoms with E-state index in [1.54, 1.807) is 36.7 Å². The molecule has 0 aliphatic heterocycles. The highest BCUT2D eigenvalue weighted by Crippen LogP contribution is 2.23. The van der Waals surface area contributed by atoms with Crippen LogP contribution in [-0.4, -0.2) is 26.6 Å². The van der Waals surface area contributed by atoms with Crippen LogP contribution in [0.4, 0.5) is 5.69 Å². The van der Waals surface area contributed by atoms with Crippen LogP contribution in [0.25, 0.3) is 17.3 Å². The number of aromatic nitrogens is 3. The van der Waals surface area contributed by atoms with Gasteiger partial charge >= 0.3 is 0 Å². The smallest absolute Gasteiger partial charge is 0.248 e. The van der Waals surface area contributed by atoms with Crippen molar-refractivity contribution < 1.29 is 9.59 Å². The number of primary amides is 1. The topological polar surface area (TPSA) is 103 Å². The maximum Gasteiger partial charge on any atom is 0.248 e. The second-order valence-electron chi connectivity index (χ2n) is 7.13. The number of nitrogens with one attached hydrogen (secondary N) is 1. The molecule has 0 atom stereocenters. The van der Waals surface area contributed by atoms with Gasteiger partial charge in [-0.3, -0.25) is 19.3 Å². The zero-order chi connectivity index (χ0) is 22.3. The van der Waals surface area contributed by atoms with Crippen LogP contribution in [0.2, 0.25) is 0 Å². The van der Waals surface area contributed by atoms with E-state index in [4.69, 9.17) is 10.8 Å². The number of pyridine rings is 1. The molecule has 2 amide bonds. The quantitative estimate of drug-likeness (QED) is 0.442. The van der Waals surface area contributed by atoms with Crippen LogP contribution in [0.5, 0.6) is 0 Å². The number of nitrogens with zero attached hydrogens (tertiary/aromatic N) is 3. The number of benzene rings is 2. The normalized spacial score (nSPS) is 10.9. The van der Waals surface area contributed by atoms with Crippen LogP contribution in [0.15, 0.2) is 91.4 Å². The highest BCUT2D eigenvalue weighted by Gasteiger charge is 2.11. The van der Waals surface area contributed by atoms with Gasteiger partial charge in [0.15, 0.2) is 0 Å². The first-order valence-electron chi connectivity index (χ1n) is 9.99. The van der Waals surface area contributed by atoms with Gasteiger partial charge in [0.05, 0.1) is 6.54 Å². The predicted molar refractivity (Wildman–Crippen MR) is 124 cm³/mol. The Balaban J connectivity index is 1.57. The lowest BCUT2D eigenvalue weighted by Crippen LogP contribution is -2.12. The van der Waals surface area contributed by atoms with Gasteiger partial charge in [0.2, 0.25) is 11.8 Å². The molecule has 2 heterocycles. The van der Waals surface area contributed by atoms with Crippen molar-refractivity contribution in [2.45, 2.75) is 6.54 Å². The summed E-state index contributed by atoms with van der Waals surface area (Å²) in [5.74, 6) is -0.886. The van der Waals surface area contributed by atoms with Gasteiger partial charge in [-0.25, -0.2) is 0 Å². The molecule has 158 valence electrons. The summed E-state index contributed by atoms with van der Waals surface area (Å²) < 4.78 is 1.84. The lowest BCUT2D eigenvalue weighted by atomic mass is 10.1. The van der Waals surface area contributed by atoms with Crippen LogP contribution in [-0.2, 0) is 11.3 Å². The SMILES string of the molecule is NC(=O)c1cccc(NC(=O)/C=C/c2cn(Cc3ccccc3)nc2-c2cccnc2)c1. The summed E-state index contributed by atoms with van der Waals surface area (Å²) in [4.78, 5) is 28.0. The molecule has 0 saturated heterocycles. The monoisotopic (exact) mass is 423 g/mol. The van der Waals surface area contributed by atoms with E-state index in [9.17, 15) is 9.59 Å². The summed E-state index contributed by atoms with van der Waals surface area (Å²) in [6.45, 7) is 0.605. The number of anilines is 1. The molecule has 0 aliphatic carbocycles. The molecule has 32 heavy (non-hydrogen) atoms. The molecule has 0 saturated carbocycles. The highest BCUT2D eigenvalue weighted by molar-refractivity contribution is 6.03. The molecule has 2 aromatic carbocycles. The van der Waals surface area contributed by atoms with Crippen molar-refractivity contribution in [2.75, 3.05) is 5.32 Å². The zero-order valence-electron chi connectivity index (χ0n) is 17.2. The maximum atomic E-state index is 12.5. The van der Waals surface area contributed by atoms with E-state index in [-0.39, 0.29) is 5.91 Å². The van der Waals surface area contributed by atoms with Crippen molar-refractivity contribution in [3.05, 3.63) is 108 Å². The molecule has 0 radical (unpaired) electrons. The molecule has 0 unspecified atom stereocenters. The second kappa shape index (κ2) is 9.53. The number of carbonyl (C=O) groups is 2. The van der Waals surface area contributed by atoms with Crippen molar-refractivity contribution in [3.8, 4) is 11.3 Å². The number of carbonyl (C=O) groups excluding carboxylic acids is 2. The fourth-order valence-electron chi connectivity index (χ4n) is 3.24. The van der Waals surface area contributed by atoms with Crippen LogP contribution in [0.1, 0.15) is 21.5 Å². The first-order valence-corrected chi connectivity index (χ1v) is 9.99. The Morgan fingerprint density at radius 2 is 1.88 bits per heavy atom. The second-order valence-corrected chi connectivity index (χ2v) is 7.13. The zero-order valence-corrected chi connectivity index (χ0v) is 17.2. The van der Waals surface area contributed by atoms with Crippen molar-refractivity contribution in [3.63, 3.8) is 0 Å². The first kappa shape index (κ1) is 20.7. The molecule has 7 heteroatoms. The summed E-state index contributed by atoms with van der Waals surface area (Å²) in [7, 11) is 0. The molecular formula is C25H21N5O2. The lowest BCUT2D eigenvalue weighted by Gasteiger charge is -2.03. The molecule has 3 N–H and O–H groups in total. The van der Waals surface area contributed by atoms with Gasteiger partial charge in [-0.15, -0.1) is 0 Å². The third kappa shape index (κ3) is 5.14. The third-order valence-electron chi connectivity index (χ3n) is 4.74. The Kier molecular flexibility index (Phi) is 6.17. The predicted octanol–water partition coefficient (Wildman–Crippen LogP) is 3.74. The van der Waals surface area contributed by atoms with E-state index in [1.165, 1.54) is 12.1 Å². The number of rotatable bonds is 7. The van der Waals surface area contributed by atoms with E-state index >= 15 is 0 Å². The van der Waals surface area contributed by atoms with E-state index in [2.05, 4.69) is 10.3 Å². The minimum Gasteiger partial charge on any atom is -0.366 e. The van der Waals surface area contributed by atoms with Gasteiger partial charge in [-0.05, 0) is 42.0 Å². The van der Waals surface area contributed by atoms with Gasteiger partial charge < -0.3 is 11.1 Å². The van der Waals surface area contributed by atoms with Crippen LogP contribution in [0.3, 0.4) is 0 Å². The number of hydrogen-bond acceptors (Lipinski definition) is 4. The van der Waals surface area contributed by atoms with E-state index in [0.29, 0.717) is 17.8 Å². The lowest BCUT2D eigenvalue weighted by molar-refractivity contribution is -0.111. The Bertz CT molecular complexity index is 1260. The average Bonchev–Trinajstić information content (AvgIpc) is 3.21. The summed E-state index contributed by atoms with van der Waals surface area (Å²) in [5.41, 5.74) is 9.61. The molecule has 0 bridgehead atoms. The summed E-state index contributed by atoms with van der Waals surface area (Å²) in [5, 5.41) is 7.45. The molecule has 0 aliphatic rings. The Morgan fingerprint density at radius 3 is 2.62 bits per heavy atom. The van der Waals surface area contributed by atoms with Gasteiger partial charge in [0, 0.05) is 47.0 Å². The van der Waals surface area contributed by atoms with Crippen LogP contribution < -0.4 is 11.1 Å². The van der Waals surface area contributed by atoms with E-state index < -0.39 is 5.91 Å². The summed E-state index contributed by atoms with van der Waals surface area (Å²) >= 11 is 0. The van der Waals surface area contributed by atoms with Crippen molar-refractivity contribution in [1.82, 2.24) is 14.8 Å². The molecule has 4 rings (SSSR count). The molecule has 4 aromatic rings. The van der Waals surface area contributed by atoms with Crippen LogP contribution >= 0.6 is 0 Å². The fraction of sp³-hybridized carbons (Fsp3) is 0.0400. The molecule has 2 aromatic heterocycles. The van der Waals surface area contributed by atoms with Crippen molar-refractivity contribution in [2.24, 2.45) is 5.73 Å². The molecule has 0 spiro atoms. The minimum atomic E-state index is -0.552. The maximum absolute atomic E-state index is 12.5. The fourth-order valence-corrected chi connectivity index (χ4v) is 3.24. The standard InChI is InChI=1S/C25H21N5O2/c26-25(32)19-8-4-10-22(14-19)28-23(31)12-11-21-17-30(16-18-6-2-1-3-7-18)29-24(21)20-9-5-13-27-15-20/h1-15,17H,16H2,(H2,26,32)(H,28,31)/b12-11+. The number of hydrogen-bond donors (Lipinski definition) is 2. The summed E-state index contributed by atoms with van der Waals surface area (Å²) in [6, 6.07) is 20.3. The van der Waals surface area contributed by atoms with Gasteiger partial charge in [0.25, 0.3) is 0 Å². The van der Waals surface area contributed by atoms with E-state index in [1.807, 2.05) is 53.3 Å². The van der Waals surface area contributed by atoms with Crippen molar-refractivity contribution >= 4 is 23.6 Å². The number of nitrogens with two attached hydrogens (primary N) is 1. The van der Waals surface area contributed by atoms with E-state index in [0.717, 1.165) is 22.4 Å². The molecule has 7 nitrogen and oxygen atoms in total. The summed E-state index contributed by atoms with van der Waals surface area (Å²) in [6.07, 6.45) is 8.48. The molecular weight excluding hydrogens is 402 g/mol. The average molecular weight is 423 g/mol. The highest BCUT2D eigenvalue weighted by atomic mass is 16.1. The van der Waals surface area contributed by atoms with Crippen LogP contribution in [0, 0.1) is 0 Å². The number of amides is 2. The molecule has 0 fully saturated rings. The minimum absolute atomic E-state index is 0.327. The Labute approximate surface area is 185 Å². The first-order chi connectivity index (χ1) is 15.6. The Hall–Kier alpha value is -4.52. The Morgan fingerprint density at radius 1 is 1.03 bits per heavy atom. The third-order valence-corrected chi connectivity index (χ3v) is 4.74. The van der Waals surface area contributed by atoms with Crippen molar-refractivity contribution in [1.29, 1.82) is 0 Å². The largest absolute Gasteiger partial charge is 0.366 e. The van der Waals surface area contributed by atoms with Gasteiger partial charge in [-0.1, -0.05) is 36.4 Å². The van der Waals surface area contributed by atoms with Gasteiger partial charge in [0.1, 0.15) is 5.69 Å².